The SMILES string of the molecule is O=S(=O)(NCCCN1CCOCC1)c1ccc(Br)c2nsnc12. The zero-order chi connectivity index (χ0) is 16.3. The molecule has 1 aromatic carbocycles. The van der Waals surface area contributed by atoms with Crippen LogP contribution in [0.2, 0.25) is 0 Å². The number of nitrogens with one attached hydrogen (secondary N) is 1. The molecular formula is C13H17BrN4O3S2. The van der Waals surface area contributed by atoms with Crippen molar-refractivity contribution in [2.24, 2.45) is 0 Å². The van der Waals surface area contributed by atoms with Gasteiger partial charge in [0.25, 0.3) is 0 Å². The Labute approximate surface area is 147 Å². The highest BCUT2D eigenvalue weighted by Crippen LogP contribution is 2.27. The predicted molar refractivity (Wildman–Crippen MR) is 92.2 cm³/mol. The van der Waals surface area contributed by atoms with E-state index in [1.54, 1.807) is 12.1 Å². The van der Waals surface area contributed by atoms with Crippen molar-refractivity contribution in [1.82, 2.24) is 18.4 Å². The Morgan fingerprint density at radius 1 is 1.26 bits per heavy atom. The molecule has 1 aliphatic heterocycles. The van der Waals surface area contributed by atoms with Crippen molar-refractivity contribution in [3.8, 4) is 0 Å². The van der Waals surface area contributed by atoms with Crippen LogP contribution in [-0.2, 0) is 14.8 Å². The zero-order valence-electron chi connectivity index (χ0n) is 12.4. The van der Waals surface area contributed by atoms with Gasteiger partial charge >= 0.3 is 0 Å². The first-order valence-corrected chi connectivity index (χ1v) is 10.3. The Hall–Kier alpha value is -0.650. The average molecular weight is 421 g/mol. The Morgan fingerprint density at radius 3 is 2.78 bits per heavy atom. The predicted octanol–water partition coefficient (Wildman–Crippen LogP) is 1.45. The third-order valence-electron chi connectivity index (χ3n) is 3.67. The summed E-state index contributed by atoms with van der Waals surface area (Å²) in [6.07, 6.45) is 0.758. The van der Waals surface area contributed by atoms with Gasteiger partial charge in [0.2, 0.25) is 10.0 Å². The summed E-state index contributed by atoms with van der Waals surface area (Å²) >= 11 is 4.36. The molecule has 7 nitrogen and oxygen atoms in total. The molecular weight excluding hydrogens is 404 g/mol. The van der Waals surface area contributed by atoms with Gasteiger partial charge in [-0.05, 0) is 41.0 Å². The quantitative estimate of drug-likeness (QED) is 0.711. The molecule has 2 heterocycles. The van der Waals surface area contributed by atoms with Crippen LogP contribution in [0.5, 0.6) is 0 Å². The van der Waals surface area contributed by atoms with Gasteiger partial charge in [0, 0.05) is 24.1 Å². The van der Waals surface area contributed by atoms with Crippen LogP contribution in [-0.4, -0.2) is 61.5 Å². The number of halogens is 1. The fourth-order valence-electron chi connectivity index (χ4n) is 2.44. The Bertz CT molecular complexity index is 775. The number of morpholine rings is 1. The van der Waals surface area contributed by atoms with Gasteiger partial charge in [-0.3, -0.25) is 4.90 Å². The second-order valence-corrected chi connectivity index (χ2v) is 8.33. The zero-order valence-corrected chi connectivity index (χ0v) is 15.6. The molecule has 2 aromatic rings. The molecule has 1 fully saturated rings. The number of fused-ring (bicyclic) bond motifs is 1. The van der Waals surface area contributed by atoms with Crippen LogP contribution in [0.25, 0.3) is 11.0 Å². The van der Waals surface area contributed by atoms with E-state index in [9.17, 15) is 8.42 Å². The van der Waals surface area contributed by atoms with Crippen molar-refractivity contribution in [3.63, 3.8) is 0 Å². The van der Waals surface area contributed by atoms with Crippen LogP contribution in [0.3, 0.4) is 0 Å². The smallest absolute Gasteiger partial charge is 0.242 e. The molecule has 0 unspecified atom stereocenters. The highest BCUT2D eigenvalue weighted by molar-refractivity contribution is 9.10. The molecule has 126 valence electrons. The third kappa shape index (κ3) is 4.06. The van der Waals surface area contributed by atoms with Crippen LogP contribution in [0.15, 0.2) is 21.5 Å². The van der Waals surface area contributed by atoms with E-state index in [4.69, 9.17) is 4.74 Å². The van der Waals surface area contributed by atoms with E-state index >= 15 is 0 Å². The van der Waals surface area contributed by atoms with Gasteiger partial charge < -0.3 is 4.74 Å². The first kappa shape index (κ1) is 17.2. The first-order valence-electron chi connectivity index (χ1n) is 7.28. The minimum atomic E-state index is -3.59. The molecule has 23 heavy (non-hydrogen) atoms. The summed E-state index contributed by atoms with van der Waals surface area (Å²) in [5.74, 6) is 0. The third-order valence-corrected chi connectivity index (χ3v) is 6.33. The molecule has 0 aliphatic carbocycles. The van der Waals surface area contributed by atoms with Crippen LogP contribution in [0.1, 0.15) is 6.42 Å². The summed E-state index contributed by atoms with van der Waals surface area (Å²) in [4.78, 5) is 2.45. The minimum absolute atomic E-state index is 0.177. The molecule has 1 aliphatic rings. The second-order valence-electron chi connectivity index (χ2n) is 5.21. The van der Waals surface area contributed by atoms with E-state index in [2.05, 4.69) is 34.3 Å². The first-order chi connectivity index (χ1) is 11.1. The van der Waals surface area contributed by atoms with Crippen molar-refractivity contribution in [3.05, 3.63) is 16.6 Å². The van der Waals surface area contributed by atoms with Crippen LogP contribution in [0, 0.1) is 0 Å². The molecule has 0 bridgehead atoms. The van der Waals surface area contributed by atoms with Gasteiger partial charge in [-0.2, -0.15) is 8.75 Å². The number of ether oxygens (including phenoxy) is 1. The molecule has 0 radical (unpaired) electrons. The Balaban J connectivity index is 1.62. The van der Waals surface area contributed by atoms with Gasteiger partial charge in [-0.15, -0.1) is 0 Å². The summed E-state index contributed by atoms with van der Waals surface area (Å²) in [6, 6.07) is 3.24. The summed E-state index contributed by atoms with van der Waals surface area (Å²) in [6.45, 7) is 4.57. The highest BCUT2D eigenvalue weighted by Gasteiger charge is 2.20. The molecule has 1 N–H and O–H groups in total. The molecule has 0 atom stereocenters. The molecule has 10 heteroatoms. The van der Waals surface area contributed by atoms with E-state index in [0.29, 0.717) is 17.6 Å². The van der Waals surface area contributed by atoms with E-state index in [-0.39, 0.29) is 4.90 Å². The number of sulfonamides is 1. The normalized spacial score (nSPS) is 16.9. The van der Waals surface area contributed by atoms with E-state index < -0.39 is 10.0 Å². The molecule has 0 spiro atoms. The standard InChI is InChI=1S/C13H17BrN4O3S2/c14-10-2-3-11(13-12(10)16-22-17-13)23(19,20)15-4-1-5-18-6-8-21-9-7-18/h2-3,15H,1,4-9H2. The average Bonchev–Trinajstić information content (AvgIpc) is 3.03. The fourth-order valence-corrected chi connectivity index (χ4v) is 4.81. The summed E-state index contributed by atoms with van der Waals surface area (Å²) in [5.41, 5.74) is 0.983. The Kier molecular flexibility index (Phi) is 5.60. The van der Waals surface area contributed by atoms with Crippen LogP contribution < -0.4 is 4.72 Å². The minimum Gasteiger partial charge on any atom is -0.379 e. The lowest BCUT2D eigenvalue weighted by Gasteiger charge is -2.26. The Morgan fingerprint density at radius 2 is 2.00 bits per heavy atom. The monoisotopic (exact) mass is 420 g/mol. The van der Waals surface area contributed by atoms with Gasteiger partial charge in [0.1, 0.15) is 15.9 Å². The maximum atomic E-state index is 12.5. The lowest BCUT2D eigenvalue weighted by atomic mass is 10.3. The molecule has 3 rings (SSSR count). The maximum Gasteiger partial charge on any atom is 0.242 e. The maximum absolute atomic E-state index is 12.5. The van der Waals surface area contributed by atoms with Crippen LogP contribution >= 0.6 is 27.7 Å². The number of benzene rings is 1. The lowest BCUT2D eigenvalue weighted by Crippen LogP contribution is -2.38. The van der Waals surface area contributed by atoms with Crippen molar-refractivity contribution in [2.75, 3.05) is 39.4 Å². The fraction of sp³-hybridized carbons (Fsp3) is 0.538. The van der Waals surface area contributed by atoms with Gasteiger partial charge in [-0.25, -0.2) is 13.1 Å². The summed E-state index contributed by atoms with van der Waals surface area (Å²) < 4.78 is 41.9. The second kappa shape index (κ2) is 7.49. The van der Waals surface area contributed by atoms with E-state index in [0.717, 1.165) is 55.5 Å². The molecule has 1 aromatic heterocycles. The van der Waals surface area contributed by atoms with E-state index in [1.807, 2.05) is 0 Å². The lowest BCUT2D eigenvalue weighted by molar-refractivity contribution is 0.0376. The van der Waals surface area contributed by atoms with Crippen LogP contribution in [0.4, 0.5) is 0 Å². The number of hydrogen-bond acceptors (Lipinski definition) is 7. The van der Waals surface area contributed by atoms with E-state index in [1.165, 1.54) is 0 Å². The number of rotatable bonds is 6. The van der Waals surface area contributed by atoms with Crippen molar-refractivity contribution in [1.29, 1.82) is 0 Å². The summed E-state index contributed by atoms with van der Waals surface area (Å²) in [7, 11) is -3.59. The molecule has 1 saturated heterocycles. The number of hydrogen-bond donors (Lipinski definition) is 1. The topological polar surface area (TPSA) is 84.4 Å². The molecule has 0 amide bonds. The van der Waals surface area contributed by atoms with Gasteiger partial charge in [0.05, 0.1) is 24.9 Å². The highest BCUT2D eigenvalue weighted by atomic mass is 79.9. The van der Waals surface area contributed by atoms with Gasteiger partial charge in [-0.1, -0.05) is 0 Å². The van der Waals surface area contributed by atoms with Crippen molar-refractivity contribution < 1.29 is 13.2 Å². The number of nitrogens with zero attached hydrogens (tertiary/aromatic N) is 3. The largest absolute Gasteiger partial charge is 0.379 e. The van der Waals surface area contributed by atoms with Crippen molar-refractivity contribution >= 4 is 48.7 Å². The summed E-state index contributed by atoms with van der Waals surface area (Å²) in [5, 5.41) is 0. The van der Waals surface area contributed by atoms with Gasteiger partial charge in [0.15, 0.2) is 0 Å². The number of aromatic nitrogens is 2. The van der Waals surface area contributed by atoms with Crippen molar-refractivity contribution in [2.45, 2.75) is 11.3 Å². The molecule has 0 saturated carbocycles.